The number of nitrogens with zero attached hydrogens (tertiary/aromatic N) is 2. The van der Waals surface area contributed by atoms with E-state index in [1.807, 2.05) is 30.3 Å². The Hall–Kier alpha value is -1.81. The quantitative estimate of drug-likeness (QED) is 0.405. The van der Waals surface area contributed by atoms with Crippen molar-refractivity contribution in [3.63, 3.8) is 0 Å². The van der Waals surface area contributed by atoms with Crippen LogP contribution in [-0.2, 0) is 0 Å². The minimum Gasteiger partial charge on any atom is -0.337 e. The molecule has 3 aromatic carbocycles. The van der Waals surface area contributed by atoms with Gasteiger partial charge >= 0.3 is 0 Å². The minimum absolute atomic E-state index is 0.0649. The second-order valence-electron chi connectivity index (χ2n) is 6.48. The van der Waals surface area contributed by atoms with Gasteiger partial charge in [0.25, 0.3) is 0 Å². The summed E-state index contributed by atoms with van der Waals surface area (Å²) in [5.74, 6) is 0. The number of rotatable bonds is 3. The lowest BCUT2D eigenvalue weighted by Crippen LogP contribution is -2.35. The van der Waals surface area contributed by atoms with Crippen molar-refractivity contribution in [2.24, 2.45) is 4.99 Å². The van der Waals surface area contributed by atoms with E-state index in [1.54, 1.807) is 6.07 Å². The molecule has 3 aromatic rings. The lowest BCUT2D eigenvalue weighted by atomic mass is 10.0. The molecule has 0 aromatic heterocycles. The maximum atomic E-state index is 6.49. The molecule has 2 atom stereocenters. The van der Waals surface area contributed by atoms with E-state index in [4.69, 9.17) is 28.2 Å². The number of hydrogen-bond acceptors (Lipinski definition) is 2. The topological polar surface area (TPSA) is 15.6 Å². The number of benzene rings is 3. The third-order valence-electron chi connectivity index (χ3n) is 4.77. The van der Waals surface area contributed by atoms with Crippen LogP contribution in [0.1, 0.15) is 24.2 Å². The van der Waals surface area contributed by atoms with E-state index in [9.17, 15) is 0 Å². The molecule has 0 N–H and O–H groups in total. The smallest absolute Gasteiger partial charge is 0.148 e. The maximum absolute atomic E-state index is 6.49. The zero-order chi connectivity index (χ0) is 19.0. The number of halogens is 3. The standard InChI is InChI=1S/C22H17BrCl2N2/c1-14-21(19-12-9-17(24)13-20(19)25)26-22(15-5-3-2-4-6-15)27(14)18-10-7-16(23)8-11-18/h2-14,22H,1H3. The van der Waals surface area contributed by atoms with Crippen LogP contribution in [0.5, 0.6) is 0 Å². The van der Waals surface area contributed by atoms with Gasteiger partial charge in [-0.3, -0.25) is 4.99 Å². The molecule has 0 radical (unpaired) electrons. The average Bonchev–Trinajstić information content (AvgIpc) is 3.00. The molecule has 0 saturated heterocycles. The van der Waals surface area contributed by atoms with Crippen molar-refractivity contribution >= 4 is 50.5 Å². The lowest BCUT2D eigenvalue weighted by Gasteiger charge is -2.30. The third-order valence-corrected chi connectivity index (χ3v) is 5.84. The van der Waals surface area contributed by atoms with Crippen molar-refractivity contribution < 1.29 is 0 Å². The Kier molecular flexibility index (Phi) is 5.27. The van der Waals surface area contributed by atoms with E-state index in [2.05, 4.69) is 64.2 Å². The molecule has 5 heteroatoms. The molecular weight excluding hydrogens is 443 g/mol. The van der Waals surface area contributed by atoms with Crippen LogP contribution in [0.3, 0.4) is 0 Å². The Bertz CT molecular complexity index is 987. The second-order valence-corrected chi connectivity index (χ2v) is 8.24. The van der Waals surface area contributed by atoms with E-state index >= 15 is 0 Å². The van der Waals surface area contributed by atoms with Crippen molar-refractivity contribution in [3.05, 3.63) is 98.4 Å². The second kappa shape index (κ2) is 7.67. The summed E-state index contributed by atoms with van der Waals surface area (Å²) in [5.41, 5.74) is 4.15. The molecule has 136 valence electrons. The Balaban J connectivity index is 1.82. The van der Waals surface area contributed by atoms with Crippen molar-refractivity contribution in [2.75, 3.05) is 4.90 Å². The molecule has 1 aliphatic heterocycles. The first-order chi connectivity index (χ1) is 13.0. The largest absolute Gasteiger partial charge is 0.337 e. The maximum Gasteiger partial charge on any atom is 0.148 e. The van der Waals surface area contributed by atoms with Crippen LogP contribution in [0.15, 0.2) is 82.3 Å². The fraction of sp³-hybridized carbons (Fsp3) is 0.136. The molecule has 27 heavy (non-hydrogen) atoms. The highest BCUT2D eigenvalue weighted by Crippen LogP contribution is 2.38. The predicted octanol–water partition coefficient (Wildman–Crippen LogP) is 7.15. The first-order valence-electron chi connectivity index (χ1n) is 8.66. The van der Waals surface area contributed by atoms with Gasteiger partial charge in [0.2, 0.25) is 0 Å². The molecule has 2 unspecified atom stereocenters. The molecule has 0 amide bonds. The van der Waals surface area contributed by atoms with Crippen molar-refractivity contribution in [1.82, 2.24) is 0 Å². The van der Waals surface area contributed by atoms with E-state index in [-0.39, 0.29) is 12.2 Å². The van der Waals surface area contributed by atoms with E-state index in [0.717, 1.165) is 27.0 Å². The van der Waals surface area contributed by atoms with Gasteiger partial charge < -0.3 is 4.90 Å². The highest BCUT2D eigenvalue weighted by Gasteiger charge is 2.35. The van der Waals surface area contributed by atoms with Crippen molar-refractivity contribution in [1.29, 1.82) is 0 Å². The van der Waals surface area contributed by atoms with Gasteiger partial charge in [0, 0.05) is 20.7 Å². The summed E-state index contributed by atoms with van der Waals surface area (Å²) in [6, 6.07) is 24.3. The van der Waals surface area contributed by atoms with Gasteiger partial charge in [-0.05, 0) is 48.9 Å². The molecule has 4 rings (SSSR count). The summed E-state index contributed by atoms with van der Waals surface area (Å²) in [6.07, 6.45) is -0.107. The fourth-order valence-corrected chi connectivity index (χ4v) is 4.25. The van der Waals surface area contributed by atoms with Gasteiger partial charge in [-0.2, -0.15) is 0 Å². The zero-order valence-corrected chi connectivity index (χ0v) is 17.7. The number of aliphatic imine (C=N–C) groups is 1. The van der Waals surface area contributed by atoms with E-state index in [0.29, 0.717) is 10.0 Å². The molecule has 0 saturated carbocycles. The first-order valence-corrected chi connectivity index (χ1v) is 10.2. The third kappa shape index (κ3) is 3.64. The summed E-state index contributed by atoms with van der Waals surface area (Å²) in [4.78, 5) is 7.41. The molecule has 0 aliphatic carbocycles. The van der Waals surface area contributed by atoms with Crippen molar-refractivity contribution in [3.8, 4) is 0 Å². The monoisotopic (exact) mass is 458 g/mol. The zero-order valence-electron chi connectivity index (χ0n) is 14.6. The predicted molar refractivity (Wildman–Crippen MR) is 118 cm³/mol. The van der Waals surface area contributed by atoms with Gasteiger partial charge in [0.05, 0.1) is 16.8 Å². The Morgan fingerprint density at radius 3 is 2.30 bits per heavy atom. The average molecular weight is 460 g/mol. The molecule has 0 fully saturated rings. The number of hydrogen-bond donors (Lipinski definition) is 0. The Morgan fingerprint density at radius 1 is 0.926 bits per heavy atom. The highest BCUT2D eigenvalue weighted by molar-refractivity contribution is 9.10. The Morgan fingerprint density at radius 2 is 1.63 bits per heavy atom. The molecule has 1 aliphatic rings. The first kappa shape index (κ1) is 18.5. The molecular formula is C22H17BrCl2N2. The Labute approximate surface area is 177 Å². The van der Waals surface area contributed by atoms with Crippen LogP contribution in [-0.4, -0.2) is 11.8 Å². The molecule has 0 spiro atoms. The molecule has 0 bridgehead atoms. The normalized spacial score (nSPS) is 19.3. The van der Waals surface area contributed by atoms with Crippen LogP contribution >= 0.6 is 39.1 Å². The summed E-state index contributed by atoms with van der Waals surface area (Å²) < 4.78 is 1.05. The summed E-state index contributed by atoms with van der Waals surface area (Å²) >= 11 is 16.1. The SMILES string of the molecule is CC1C(c2ccc(Cl)cc2Cl)=NC(c2ccccc2)N1c1ccc(Br)cc1. The van der Waals surface area contributed by atoms with Gasteiger partial charge in [-0.25, -0.2) is 0 Å². The molecule has 2 nitrogen and oxygen atoms in total. The summed E-state index contributed by atoms with van der Waals surface area (Å²) in [7, 11) is 0. The highest BCUT2D eigenvalue weighted by atomic mass is 79.9. The van der Waals surface area contributed by atoms with E-state index in [1.165, 1.54) is 0 Å². The number of anilines is 1. The minimum atomic E-state index is -0.107. The lowest BCUT2D eigenvalue weighted by molar-refractivity contribution is 0.675. The van der Waals surface area contributed by atoms with Gasteiger partial charge in [-0.15, -0.1) is 0 Å². The van der Waals surface area contributed by atoms with Crippen LogP contribution in [0.2, 0.25) is 10.0 Å². The fourth-order valence-electron chi connectivity index (χ4n) is 3.48. The van der Waals surface area contributed by atoms with Crippen LogP contribution in [0.4, 0.5) is 5.69 Å². The summed E-state index contributed by atoms with van der Waals surface area (Å²) in [6.45, 7) is 2.16. The van der Waals surface area contributed by atoms with Crippen LogP contribution in [0, 0.1) is 0 Å². The van der Waals surface area contributed by atoms with Crippen LogP contribution < -0.4 is 4.90 Å². The van der Waals surface area contributed by atoms with Gasteiger partial charge in [-0.1, -0.05) is 75.5 Å². The van der Waals surface area contributed by atoms with Gasteiger partial charge in [0.1, 0.15) is 6.17 Å². The molecule has 1 heterocycles. The van der Waals surface area contributed by atoms with Gasteiger partial charge in [0.15, 0.2) is 0 Å². The van der Waals surface area contributed by atoms with Crippen LogP contribution in [0.25, 0.3) is 0 Å². The van der Waals surface area contributed by atoms with Crippen molar-refractivity contribution in [2.45, 2.75) is 19.1 Å². The summed E-state index contributed by atoms with van der Waals surface area (Å²) in [5, 5.41) is 1.25. The van der Waals surface area contributed by atoms with E-state index < -0.39 is 0 Å².